The molecule has 0 radical (unpaired) electrons. The molecule has 6 heteroatoms. The number of hydrogen-bond donors (Lipinski definition) is 2. The van der Waals surface area contributed by atoms with E-state index in [1.54, 1.807) is 19.3 Å². The van der Waals surface area contributed by atoms with Crippen LogP contribution in [0.15, 0.2) is 65.8 Å². The molecule has 0 unspecified atom stereocenters. The van der Waals surface area contributed by atoms with E-state index in [4.69, 9.17) is 10.5 Å². The molecule has 2 aromatic carbocycles. The number of benzene rings is 2. The number of nitrogens with two attached hydrogens (primary N) is 1. The van der Waals surface area contributed by atoms with Crippen LogP contribution >= 0.6 is 0 Å². The van der Waals surface area contributed by atoms with Crippen molar-refractivity contribution in [3.63, 3.8) is 0 Å². The van der Waals surface area contributed by atoms with Gasteiger partial charge in [-0.1, -0.05) is 36.4 Å². The van der Waals surface area contributed by atoms with Crippen LogP contribution in [0.25, 0.3) is 11.3 Å². The molecule has 0 saturated carbocycles. The number of ether oxygens (including phenoxy) is 1. The van der Waals surface area contributed by atoms with Crippen molar-refractivity contribution in [1.82, 2.24) is 4.90 Å². The van der Waals surface area contributed by atoms with Crippen molar-refractivity contribution >= 4 is 29.0 Å². The summed E-state index contributed by atoms with van der Waals surface area (Å²) in [5, 5.41) is 3.24. The Hall–Kier alpha value is -3.38. The number of carbonyl (C=O) groups is 1. The van der Waals surface area contributed by atoms with Crippen molar-refractivity contribution in [3.05, 3.63) is 77.5 Å². The van der Waals surface area contributed by atoms with Gasteiger partial charge in [-0.05, 0) is 17.7 Å². The number of aldehydes is 1. The predicted octanol–water partition coefficient (Wildman–Crippen LogP) is 3.02. The SMILES string of the molecule is CN=C(C(=CN)c1ccc(NC)c(/C(=C\C=O)N2CCOCC2)c1)c1ccccc1. The summed E-state index contributed by atoms with van der Waals surface area (Å²) in [6, 6.07) is 16.0. The average molecular weight is 405 g/mol. The van der Waals surface area contributed by atoms with Gasteiger partial charge in [0.1, 0.15) is 6.29 Å². The molecule has 0 bridgehead atoms. The highest BCUT2D eigenvalue weighted by Gasteiger charge is 2.20. The number of allylic oxidation sites excluding steroid dienone is 2. The maximum Gasteiger partial charge on any atom is 0.144 e. The highest BCUT2D eigenvalue weighted by molar-refractivity contribution is 6.31. The van der Waals surface area contributed by atoms with Crippen LogP contribution in [0.1, 0.15) is 16.7 Å². The first-order valence-corrected chi connectivity index (χ1v) is 9.98. The average Bonchev–Trinajstić information content (AvgIpc) is 2.81. The molecule has 30 heavy (non-hydrogen) atoms. The van der Waals surface area contributed by atoms with Gasteiger partial charge in [-0.3, -0.25) is 9.79 Å². The minimum Gasteiger partial charge on any atom is -0.404 e. The highest BCUT2D eigenvalue weighted by Crippen LogP contribution is 2.31. The Morgan fingerprint density at radius 3 is 2.47 bits per heavy atom. The van der Waals surface area contributed by atoms with Crippen LogP contribution in [0.3, 0.4) is 0 Å². The van der Waals surface area contributed by atoms with Crippen LogP contribution in [0.5, 0.6) is 0 Å². The summed E-state index contributed by atoms with van der Waals surface area (Å²) in [5.41, 5.74) is 12.4. The smallest absolute Gasteiger partial charge is 0.144 e. The van der Waals surface area contributed by atoms with Crippen LogP contribution in [-0.4, -0.2) is 57.3 Å². The second-order valence-electron chi connectivity index (χ2n) is 6.82. The molecular formula is C24H28N4O2. The van der Waals surface area contributed by atoms with Gasteiger partial charge in [0, 0.05) is 67.5 Å². The summed E-state index contributed by atoms with van der Waals surface area (Å²) in [5.74, 6) is 0. The van der Waals surface area contributed by atoms with Gasteiger partial charge in [-0.15, -0.1) is 0 Å². The number of rotatable bonds is 7. The fourth-order valence-corrected chi connectivity index (χ4v) is 3.69. The van der Waals surface area contributed by atoms with Gasteiger partial charge in [-0.2, -0.15) is 0 Å². The topological polar surface area (TPSA) is 79.9 Å². The fraction of sp³-hybridized carbons (Fsp3) is 0.250. The second-order valence-corrected chi connectivity index (χ2v) is 6.82. The summed E-state index contributed by atoms with van der Waals surface area (Å²) >= 11 is 0. The van der Waals surface area contributed by atoms with E-state index in [1.807, 2.05) is 49.5 Å². The first-order valence-electron chi connectivity index (χ1n) is 9.98. The minimum absolute atomic E-state index is 0.638. The van der Waals surface area contributed by atoms with Crippen molar-refractivity contribution in [3.8, 4) is 0 Å². The normalized spacial score (nSPS) is 15.8. The Balaban J connectivity index is 2.08. The molecule has 2 aromatic rings. The molecule has 0 aliphatic carbocycles. The zero-order chi connectivity index (χ0) is 21.3. The standard InChI is InChI=1S/C24H28N4O2/c1-26-22-9-8-19(21(17-25)24(27-2)18-6-4-3-5-7-18)16-20(22)23(10-13-29)28-11-14-30-15-12-28/h3-10,13,16-17,26H,11-12,14-15,25H2,1-2H3/b21-17?,23-10+,27-24?. The first kappa shape index (κ1) is 21.3. The fourth-order valence-electron chi connectivity index (χ4n) is 3.69. The Labute approximate surface area is 177 Å². The van der Waals surface area contributed by atoms with Crippen molar-refractivity contribution in [1.29, 1.82) is 0 Å². The third-order valence-corrected chi connectivity index (χ3v) is 5.15. The van der Waals surface area contributed by atoms with Crippen molar-refractivity contribution in [2.75, 3.05) is 45.7 Å². The van der Waals surface area contributed by atoms with Crippen LogP contribution in [0.4, 0.5) is 5.69 Å². The van der Waals surface area contributed by atoms with Gasteiger partial charge in [0.15, 0.2) is 0 Å². The molecule has 1 heterocycles. The molecular weight excluding hydrogens is 376 g/mol. The van der Waals surface area contributed by atoms with Gasteiger partial charge < -0.3 is 20.7 Å². The zero-order valence-corrected chi connectivity index (χ0v) is 17.5. The van der Waals surface area contributed by atoms with Crippen LogP contribution in [-0.2, 0) is 9.53 Å². The van der Waals surface area contributed by atoms with Crippen LogP contribution < -0.4 is 11.1 Å². The molecule has 3 rings (SSSR count). The Kier molecular flexibility index (Phi) is 7.40. The highest BCUT2D eigenvalue weighted by atomic mass is 16.5. The number of carbonyl (C=O) groups excluding carboxylic acids is 1. The molecule has 6 nitrogen and oxygen atoms in total. The predicted molar refractivity (Wildman–Crippen MR) is 123 cm³/mol. The monoisotopic (exact) mass is 404 g/mol. The Morgan fingerprint density at radius 2 is 1.87 bits per heavy atom. The number of morpholine rings is 1. The molecule has 0 atom stereocenters. The summed E-state index contributed by atoms with van der Waals surface area (Å²) in [6.45, 7) is 2.75. The quantitative estimate of drug-likeness (QED) is 0.421. The van der Waals surface area contributed by atoms with Crippen LogP contribution in [0, 0.1) is 0 Å². The second kappa shape index (κ2) is 10.4. The first-order chi connectivity index (χ1) is 14.7. The lowest BCUT2D eigenvalue weighted by Gasteiger charge is -2.32. The molecule has 0 spiro atoms. The van der Waals surface area contributed by atoms with E-state index >= 15 is 0 Å². The molecule has 0 aromatic heterocycles. The van der Waals surface area contributed by atoms with E-state index in [9.17, 15) is 4.79 Å². The van der Waals surface area contributed by atoms with Crippen molar-refractivity contribution in [2.45, 2.75) is 0 Å². The third-order valence-electron chi connectivity index (χ3n) is 5.15. The van der Waals surface area contributed by atoms with Gasteiger partial charge in [0.05, 0.1) is 18.9 Å². The maximum atomic E-state index is 11.4. The van der Waals surface area contributed by atoms with Crippen LogP contribution in [0.2, 0.25) is 0 Å². The van der Waals surface area contributed by atoms with E-state index in [0.29, 0.717) is 13.2 Å². The number of nitrogens with zero attached hydrogens (tertiary/aromatic N) is 2. The largest absolute Gasteiger partial charge is 0.404 e. The summed E-state index contributed by atoms with van der Waals surface area (Å²) in [6.07, 6.45) is 4.04. The lowest BCUT2D eigenvalue weighted by Crippen LogP contribution is -2.35. The molecule has 1 fully saturated rings. The number of nitrogens with one attached hydrogen (secondary N) is 1. The van der Waals surface area contributed by atoms with E-state index in [1.165, 1.54) is 0 Å². The number of aliphatic imine (C=N–C) groups is 1. The van der Waals surface area contributed by atoms with Gasteiger partial charge in [-0.25, -0.2) is 0 Å². The maximum absolute atomic E-state index is 11.4. The molecule has 0 amide bonds. The van der Waals surface area contributed by atoms with E-state index in [0.717, 1.165) is 58.7 Å². The zero-order valence-electron chi connectivity index (χ0n) is 17.5. The molecule has 156 valence electrons. The number of anilines is 1. The summed E-state index contributed by atoms with van der Waals surface area (Å²) in [7, 11) is 3.64. The van der Waals surface area contributed by atoms with Gasteiger partial charge in [0.2, 0.25) is 0 Å². The molecule has 1 aliphatic heterocycles. The Morgan fingerprint density at radius 1 is 1.13 bits per heavy atom. The number of hydrogen-bond acceptors (Lipinski definition) is 6. The Bertz CT molecular complexity index is 958. The van der Waals surface area contributed by atoms with Crippen molar-refractivity contribution < 1.29 is 9.53 Å². The summed E-state index contributed by atoms with van der Waals surface area (Å²) in [4.78, 5) is 18.1. The molecule has 3 N–H and O–H groups in total. The minimum atomic E-state index is 0.638. The van der Waals surface area contributed by atoms with E-state index in [2.05, 4.69) is 21.3 Å². The van der Waals surface area contributed by atoms with E-state index < -0.39 is 0 Å². The summed E-state index contributed by atoms with van der Waals surface area (Å²) < 4.78 is 5.48. The molecule has 1 aliphatic rings. The van der Waals surface area contributed by atoms with Crippen molar-refractivity contribution in [2.24, 2.45) is 10.7 Å². The lowest BCUT2D eigenvalue weighted by molar-refractivity contribution is -0.104. The lowest BCUT2D eigenvalue weighted by atomic mass is 9.93. The van der Waals surface area contributed by atoms with Gasteiger partial charge in [0.25, 0.3) is 0 Å². The van der Waals surface area contributed by atoms with Gasteiger partial charge >= 0.3 is 0 Å². The third kappa shape index (κ3) is 4.60. The molecule has 1 saturated heterocycles. The van der Waals surface area contributed by atoms with E-state index in [-0.39, 0.29) is 0 Å².